The number of rotatable bonds is 6. The number of aromatic nitrogens is 2. The van der Waals surface area contributed by atoms with Gasteiger partial charge >= 0.3 is 0 Å². The Hall–Kier alpha value is -10.7. The summed E-state index contributed by atoms with van der Waals surface area (Å²) in [6.07, 6.45) is 0. The zero-order valence-electron chi connectivity index (χ0n) is 59.0. The van der Waals surface area contributed by atoms with E-state index in [1.54, 1.807) is 4.57 Å². The first-order valence-electron chi connectivity index (χ1n) is 35.1. The molecule has 2 aliphatic rings. The molecule has 4 heteroatoms. The van der Waals surface area contributed by atoms with Crippen LogP contribution in [0.3, 0.4) is 0 Å². The van der Waals surface area contributed by atoms with Crippen LogP contribution in [0.5, 0.6) is 0 Å². The van der Waals surface area contributed by atoms with Crippen molar-refractivity contribution in [3.8, 4) is 55.9 Å². The monoisotopic (exact) mass is 1160 g/mol. The SMILES string of the molecule is [2H]c1c([2H])c([2H])c2c(c1[2H])c1c([2H])c([2H])c([2H])c([2H])c1n2-c1ccc2c(c1)N(c1c(-c3ccccc3)cc(-c3ccccc3)cc1-c1ccccc1)c1cc(C(C)(C)C)cc3c1B2c1cc(-c2ccc(C(C)(C)C)cc2)cc2c4ccccc4c4ccccc4c4ccccc4n-3c12. The van der Waals surface area contributed by atoms with Gasteiger partial charge in [-0.25, -0.2) is 0 Å². The number of anilines is 3. The standard InChI is InChI=1S/C86H66BN3/c1-85(2,3)61-44-42-56(43-45-61)60-50-73-67-35-19-17-33-65(67)64-32-16-18-34-66(64)68-36-20-25-41-78(68)89-80-52-62(86(4,5)6)53-81-82(80)87(75(51-60)84(73)89)74-47-46-63(88-76-39-23-21-37-69(76)70-38-22-24-40-77(70)88)54-79(74)90(81)83-71(57-28-12-8-13-29-57)48-59(55-26-10-7-11-27-55)49-72(83)58-30-14-9-15-31-58/h7-54H,1-6H3/i21D,22D,23D,24D,37D,38D,39D,40D. The molecule has 0 fully saturated rings. The molecule has 428 valence electrons. The zero-order chi connectivity index (χ0) is 67.5. The smallest absolute Gasteiger partial charge is 0.252 e. The minimum absolute atomic E-state index is 0.0172. The van der Waals surface area contributed by atoms with Crippen LogP contribution in [0, 0.1) is 0 Å². The highest BCUT2D eigenvalue weighted by Gasteiger charge is 2.44. The van der Waals surface area contributed by atoms with E-state index in [0.29, 0.717) is 5.69 Å². The Morgan fingerprint density at radius 3 is 1.38 bits per heavy atom. The second-order valence-electron chi connectivity index (χ2n) is 26.2. The highest BCUT2D eigenvalue weighted by Crippen LogP contribution is 2.52. The molecule has 0 atom stereocenters. The molecule has 0 unspecified atom stereocenters. The lowest BCUT2D eigenvalue weighted by Crippen LogP contribution is -2.60. The van der Waals surface area contributed by atoms with Crippen LogP contribution in [-0.2, 0) is 10.8 Å². The van der Waals surface area contributed by atoms with Crippen LogP contribution < -0.4 is 21.3 Å². The lowest BCUT2D eigenvalue weighted by atomic mass is 9.33. The molecule has 4 heterocycles. The number of hydrogen-bond donors (Lipinski definition) is 0. The highest BCUT2D eigenvalue weighted by molar-refractivity contribution is 7.00. The molecular formula is C86H66BN3. The van der Waals surface area contributed by atoms with Crippen LogP contribution >= 0.6 is 0 Å². The zero-order valence-corrected chi connectivity index (χ0v) is 51.0. The molecule has 0 N–H and O–H groups in total. The lowest BCUT2D eigenvalue weighted by molar-refractivity contribution is 0.590. The van der Waals surface area contributed by atoms with Crippen LogP contribution in [0.2, 0.25) is 0 Å². The fraction of sp³-hybridized carbons (Fsp3) is 0.0930. The molecule has 0 radical (unpaired) electrons. The van der Waals surface area contributed by atoms with Crippen molar-refractivity contribution in [2.75, 3.05) is 4.90 Å². The van der Waals surface area contributed by atoms with Gasteiger partial charge in [0.25, 0.3) is 6.71 Å². The predicted molar refractivity (Wildman–Crippen MR) is 386 cm³/mol. The van der Waals surface area contributed by atoms with Gasteiger partial charge < -0.3 is 14.0 Å². The topological polar surface area (TPSA) is 13.1 Å². The van der Waals surface area contributed by atoms with E-state index >= 15 is 0 Å². The Morgan fingerprint density at radius 2 is 0.800 bits per heavy atom. The quantitative estimate of drug-likeness (QED) is 0.151. The predicted octanol–water partition coefficient (Wildman–Crippen LogP) is 21.2. The van der Waals surface area contributed by atoms with Crippen molar-refractivity contribution in [3.05, 3.63) is 302 Å². The summed E-state index contributed by atoms with van der Waals surface area (Å²) in [6.45, 7) is 13.1. The van der Waals surface area contributed by atoms with Crippen molar-refractivity contribution in [2.24, 2.45) is 0 Å². The summed E-state index contributed by atoms with van der Waals surface area (Å²) in [5.74, 6) is 0. The highest BCUT2D eigenvalue weighted by atomic mass is 15.2. The normalized spacial score (nSPS) is 14.0. The molecule has 90 heavy (non-hydrogen) atoms. The average Bonchev–Trinajstić information content (AvgIpc) is 0.731. The summed E-state index contributed by atoms with van der Waals surface area (Å²) in [7, 11) is 0. The van der Waals surface area contributed by atoms with Gasteiger partial charge in [-0.2, -0.15) is 0 Å². The third kappa shape index (κ3) is 8.42. The molecule has 3 nitrogen and oxygen atoms in total. The van der Waals surface area contributed by atoms with Crippen LogP contribution in [0.15, 0.2) is 291 Å². The van der Waals surface area contributed by atoms with Crippen LogP contribution in [-0.4, -0.2) is 15.8 Å². The average molecular weight is 1160 g/mol. The maximum absolute atomic E-state index is 9.80. The molecule has 0 saturated heterocycles. The van der Waals surface area contributed by atoms with E-state index in [1.165, 1.54) is 5.56 Å². The van der Waals surface area contributed by atoms with Gasteiger partial charge in [0, 0.05) is 60.9 Å². The van der Waals surface area contributed by atoms with Crippen LogP contribution in [0.25, 0.3) is 121 Å². The number of hydrogen-bond acceptors (Lipinski definition) is 1. The molecule has 0 saturated carbocycles. The minimum atomic E-state index is -0.494. The van der Waals surface area contributed by atoms with Crippen molar-refractivity contribution in [3.63, 3.8) is 0 Å². The summed E-state index contributed by atoms with van der Waals surface area (Å²) in [5, 5.41) is 6.62. The van der Waals surface area contributed by atoms with Crippen LogP contribution in [0.1, 0.15) is 63.6 Å². The first kappa shape index (κ1) is 45.6. The van der Waals surface area contributed by atoms with Crippen molar-refractivity contribution in [1.29, 1.82) is 0 Å². The third-order valence-corrected chi connectivity index (χ3v) is 18.9. The van der Waals surface area contributed by atoms with Gasteiger partial charge in [-0.15, -0.1) is 0 Å². The minimum Gasteiger partial charge on any atom is -0.310 e. The van der Waals surface area contributed by atoms with Gasteiger partial charge in [0.1, 0.15) is 0 Å². The van der Waals surface area contributed by atoms with Crippen LogP contribution in [0.4, 0.5) is 17.1 Å². The second kappa shape index (κ2) is 20.5. The third-order valence-electron chi connectivity index (χ3n) is 18.9. The van der Waals surface area contributed by atoms with Gasteiger partial charge in [0.05, 0.1) is 33.2 Å². The number of benzene rings is 13. The Kier molecular flexibility index (Phi) is 10.4. The van der Waals surface area contributed by atoms with Crippen molar-refractivity contribution in [2.45, 2.75) is 52.4 Å². The molecule has 0 aliphatic carbocycles. The molecule has 0 spiro atoms. The fourth-order valence-corrected chi connectivity index (χ4v) is 14.5. The van der Waals surface area contributed by atoms with E-state index in [-0.39, 0.29) is 51.4 Å². The van der Waals surface area contributed by atoms with Gasteiger partial charge in [0.2, 0.25) is 0 Å². The molecule has 0 bridgehead atoms. The Morgan fingerprint density at radius 1 is 0.322 bits per heavy atom. The molecule has 2 aliphatic heterocycles. The summed E-state index contributed by atoms with van der Waals surface area (Å²) in [4.78, 5) is 2.45. The van der Waals surface area contributed by atoms with E-state index in [0.717, 1.165) is 133 Å². The molecular weight excluding hydrogens is 1090 g/mol. The number of nitrogens with zero attached hydrogens (tertiary/aromatic N) is 3. The summed E-state index contributed by atoms with van der Waals surface area (Å²) in [6, 6.07) is 84.4. The largest absolute Gasteiger partial charge is 0.310 e. The van der Waals surface area contributed by atoms with Gasteiger partial charge in [-0.05, 0) is 154 Å². The van der Waals surface area contributed by atoms with E-state index in [1.807, 2.05) is 24.3 Å². The molecule has 15 aromatic rings. The maximum Gasteiger partial charge on any atom is 0.252 e. The molecule has 2 aromatic heterocycles. The maximum atomic E-state index is 9.80. The van der Waals surface area contributed by atoms with E-state index in [4.69, 9.17) is 2.74 Å². The first-order valence-corrected chi connectivity index (χ1v) is 31.1. The van der Waals surface area contributed by atoms with Gasteiger partial charge in [0.15, 0.2) is 0 Å². The summed E-state index contributed by atoms with van der Waals surface area (Å²) >= 11 is 0. The number of fused-ring (bicyclic) bond motifs is 14. The van der Waals surface area contributed by atoms with E-state index < -0.39 is 36.3 Å². The van der Waals surface area contributed by atoms with Gasteiger partial charge in [-0.3, -0.25) is 0 Å². The lowest BCUT2D eigenvalue weighted by Gasteiger charge is -2.43. The summed E-state index contributed by atoms with van der Waals surface area (Å²) < 4.78 is 79.4. The first-order chi connectivity index (χ1) is 47.3. The molecule has 0 amide bonds. The summed E-state index contributed by atoms with van der Waals surface area (Å²) in [5.41, 5.74) is 19.2. The van der Waals surface area contributed by atoms with Crippen molar-refractivity contribution in [1.82, 2.24) is 9.13 Å². The molecule has 17 rings (SSSR count). The van der Waals surface area contributed by atoms with E-state index in [2.05, 4.69) is 269 Å². The second-order valence-corrected chi connectivity index (χ2v) is 26.2. The fourth-order valence-electron chi connectivity index (χ4n) is 14.5. The van der Waals surface area contributed by atoms with Crippen molar-refractivity contribution < 1.29 is 11.0 Å². The Bertz CT molecular complexity index is 5850. The van der Waals surface area contributed by atoms with Crippen molar-refractivity contribution >= 4 is 105 Å². The molecule has 13 aromatic carbocycles. The Labute approximate surface area is 538 Å². The number of para-hydroxylation sites is 3. The Balaban J connectivity index is 1.13. The van der Waals surface area contributed by atoms with Gasteiger partial charge in [-0.1, -0.05) is 272 Å². The van der Waals surface area contributed by atoms with E-state index in [9.17, 15) is 8.22 Å².